The third kappa shape index (κ3) is 10.1. The van der Waals surface area contributed by atoms with E-state index in [1.165, 1.54) is 0 Å². The molecule has 0 radical (unpaired) electrons. The highest BCUT2D eigenvalue weighted by Gasteiger charge is 2.45. The van der Waals surface area contributed by atoms with Crippen molar-refractivity contribution in [3.8, 4) is 0 Å². The molecule has 1 aromatic rings. The normalized spacial score (nSPS) is 23.0. The molecule has 2 aliphatic carbocycles. The van der Waals surface area contributed by atoms with Crippen LogP contribution in [-0.2, 0) is 28.7 Å². The molecule has 47 heavy (non-hydrogen) atoms. The quantitative estimate of drug-likeness (QED) is 0.101. The van der Waals surface area contributed by atoms with Gasteiger partial charge in [-0.1, -0.05) is 82.7 Å². The lowest BCUT2D eigenvalue weighted by molar-refractivity contribution is -0.148. The molecule has 3 fully saturated rings. The van der Waals surface area contributed by atoms with Crippen molar-refractivity contribution in [3.05, 3.63) is 35.9 Å². The molecular formula is C35H53N5O7. The summed E-state index contributed by atoms with van der Waals surface area (Å²) in [5.41, 5.74) is 6.18. The molecule has 3 amide bonds. The summed E-state index contributed by atoms with van der Waals surface area (Å²) in [5.74, 6) is -2.86. The summed E-state index contributed by atoms with van der Waals surface area (Å²) in [5, 5.41) is 19.5. The Kier molecular flexibility index (Phi) is 13.3. The summed E-state index contributed by atoms with van der Waals surface area (Å²) < 4.78 is 5.50. The number of hydrogen-bond donors (Lipinski definition) is 5. The maximum Gasteiger partial charge on any atom is 0.320 e. The first-order valence-corrected chi connectivity index (χ1v) is 17.3. The van der Waals surface area contributed by atoms with Gasteiger partial charge < -0.3 is 25.8 Å². The zero-order valence-corrected chi connectivity index (χ0v) is 28.0. The molecule has 4 rings (SSSR count). The van der Waals surface area contributed by atoms with E-state index in [-0.39, 0.29) is 36.1 Å². The third-order valence-electron chi connectivity index (χ3n) is 10.3. The van der Waals surface area contributed by atoms with E-state index in [0.29, 0.717) is 19.4 Å². The van der Waals surface area contributed by atoms with Crippen LogP contribution in [0.1, 0.15) is 96.6 Å². The number of nitrogens with zero attached hydrogens (tertiary/aromatic N) is 1. The molecule has 0 spiro atoms. The van der Waals surface area contributed by atoms with Crippen molar-refractivity contribution >= 4 is 29.5 Å². The fourth-order valence-electron chi connectivity index (χ4n) is 7.07. The summed E-state index contributed by atoms with van der Waals surface area (Å²) >= 11 is 0. The highest BCUT2D eigenvalue weighted by molar-refractivity contribution is 6.37. The number of aliphatic hydroxyl groups excluding tert-OH is 1. The number of amides is 3. The third-order valence-corrected chi connectivity index (χ3v) is 10.3. The predicted molar refractivity (Wildman–Crippen MR) is 175 cm³/mol. The van der Waals surface area contributed by atoms with Crippen LogP contribution < -0.4 is 21.7 Å². The number of ketones is 1. The first-order valence-electron chi connectivity index (χ1n) is 17.3. The molecule has 6 N–H and O–H groups in total. The number of aliphatic hydroxyl groups is 1. The van der Waals surface area contributed by atoms with Gasteiger partial charge in [0.1, 0.15) is 12.1 Å². The van der Waals surface area contributed by atoms with Gasteiger partial charge in [-0.3, -0.25) is 34.6 Å². The molecule has 12 nitrogen and oxygen atoms in total. The van der Waals surface area contributed by atoms with Crippen molar-refractivity contribution in [2.75, 3.05) is 13.1 Å². The molecule has 0 aromatic heterocycles. The van der Waals surface area contributed by atoms with Gasteiger partial charge in [0.2, 0.25) is 17.6 Å². The molecule has 2 unspecified atom stereocenters. The van der Waals surface area contributed by atoms with Crippen LogP contribution in [0.4, 0.5) is 0 Å². The van der Waals surface area contributed by atoms with Crippen LogP contribution in [0.3, 0.4) is 0 Å². The highest BCUT2D eigenvalue weighted by Crippen LogP contribution is 2.34. The Morgan fingerprint density at radius 2 is 1.64 bits per heavy atom. The van der Waals surface area contributed by atoms with Crippen molar-refractivity contribution < 1.29 is 33.8 Å². The van der Waals surface area contributed by atoms with Crippen LogP contribution >= 0.6 is 0 Å². The minimum Gasteiger partial charge on any atom is -0.457 e. The van der Waals surface area contributed by atoms with Crippen LogP contribution in [0, 0.1) is 23.7 Å². The van der Waals surface area contributed by atoms with Crippen molar-refractivity contribution in [1.82, 2.24) is 20.9 Å². The van der Waals surface area contributed by atoms with E-state index in [1.807, 2.05) is 44.2 Å². The summed E-state index contributed by atoms with van der Waals surface area (Å²) in [6, 6.07) is 6.65. The van der Waals surface area contributed by atoms with E-state index in [0.717, 1.165) is 56.9 Å². The zero-order chi connectivity index (χ0) is 34.1. The van der Waals surface area contributed by atoms with Crippen LogP contribution in [0.5, 0.6) is 0 Å². The van der Waals surface area contributed by atoms with E-state index < -0.39 is 54.1 Å². The molecule has 1 aliphatic heterocycles. The summed E-state index contributed by atoms with van der Waals surface area (Å²) in [4.78, 5) is 66.8. The second kappa shape index (κ2) is 17.2. The summed E-state index contributed by atoms with van der Waals surface area (Å²) in [7, 11) is 0. The first kappa shape index (κ1) is 36.5. The van der Waals surface area contributed by atoms with Gasteiger partial charge in [-0.25, -0.2) is 0 Å². The second-order valence-corrected chi connectivity index (χ2v) is 13.9. The van der Waals surface area contributed by atoms with Gasteiger partial charge in [-0.15, -0.1) is 0 Å². The fraction of sp³-hybridized carbons (Fsp3) is 0.686. The number of esters is 1. The van der Waals surface area contributed by atoms with Crippen LogP contribution in [0.15, 0.2) is 30.3 Å². The second-order valence-electron chi connectivity index (χ2n) is 13.9. The molecule has 1 aromatic carbocycles. The van der Waals surface area contributed by atoms with Crippen LogP contribution in [-0.4, -0.2) is 77.0 Å². The lowest BCUT2D eigenvalue weighted by atomic mass is 9.80. The number of hydrogen-bond acceptors (Lipinski definition) is 9. The molecule has 1 saturated heterocycles. The summed E-state index contributed by atoms with van der Waals surface area (Å²) in [6.07, 6.45) is 6.31. The van der Waals surface area contributed by atoms with Gasteiger partial charge in [0, 0.05) is 6.54 Å². The molecule has 260 valence electrons. The van der Waals surface area contributed by atoms with Crippen LogP contribution in [0.2, 0.25) is 0 Å². The SMILES string of the molecule is CC(C)[C@@H]1C[C@@H](C(=O)NC(CC2CCC2)C(=O)C(N)=O)N(C(=O)[C@@H](NC(O)NCC(=O)O[C@@H](C)c2ccccc2)C2CCCCC2)C1. The Morgan fingerprint density at radius 1 is 0.957 bits per heavy atom. The Bertz CT molecular complexity index is 1230. The maximum absolute atomic E-state index is 14.4. The fourth-order valence-corrected chi connectivity index (χ4v) is 7.07. The van der Waals surface area contributed by atoms with Gasteiger partial charge in [-0.05, 0) is 61.8 Å². The number of carbonyl (C=O) groups excluding carboxylic acids is 5. The molecule has 0 bridgehead atoms. The van der Waals surface area contributed by atoms with E-state index >= 15 is 0 Å². The Morgan fingerprint density at radius 3 is 2.23 bits per heavy atom. The largest absolute Gasteiger partial charge is 0.457 e. The van der Waals surface area contributed by atoms with Crippen LogP contribution in [0.25, 0.3) is 0 Å². The van der Waals surface area contributed by atoms with Gasteiger partial charge in [0.25, 0.3) is 5.91 Å². The molecule has 3 aliphatic rings. The standard InChI is InChI=1S/C35H53N5O7/c1-21(2)26-18-28(33(44)38-27(31(42)32(36)43)17-23-11-10-12-23)40(20-26)34(45)30(25-15-8-5-9-16-25)39-35(46)37-19-29(41)47-22(3)24-13-6-4-7-14-24/h4,6-7,13-14,21-23,25-28,30,35,37,39,46H,5,8-12,15-20H2,1-3H3,(H2,36,43)(H,38,44)/t22-,26+,27?,28-,30-,35?/m0/s1. The number of benzene rings is 1. The summed E-state index contributed by atoms with van der Waals surface area (Å²) in [6.45, 7) is 5.94. The van der Waals surface area contributed by atoms with Gasteiger partial charge >= 0.3 is 5.97 Å². The van der Waals surface area contributed by atoms with E-state index in [9.17, 15) is 29.1 Å². The zero-order valence-electron chi connectivity index (χ0n) is 28.0. The Balaban J connectivity index is 1.45. The van der Waals surface area contributed by atoms with Gasteiger partial charge in [0.15, 0.2) is 6.35 Å². The van der Waals surface area contributed by atoms with Crippen molar-refractivity contribution in [2.45, 2.75) is 116 Å². The van der Waals surface area contributed by atoms with Crippen molar-refractivity contribution in [2.24, 2.45) is 29.4 Å². The number of likely N-dealkylation sites (tertiary alicyclic amines) is 1. The van der Waals surface area contributed by atoms with Crippen molar-refractivity contribution in [3.63, 3.8) is 0 Å². The number of primary amides is 1. The topological polar surface area (TPSA) is 180 Å². The Hall–Kier alpha value is -3.35. The van der Waals surface area contributed by atoms with Gasteiger partial charge in [0.05, 0.1) is 18.6 Å². The number of Topliss-reactive ketones (excluding diaryl/α,β-unsaturated/α-hetero) is 1. The molecule has 12 heteroatoms. The number of nitrogens with two attached hydrogens (primary N) is 1. The van der Waals surface area contributed by atoms with Crippen molar-refractivity contribution in [1.29, 1.82) is 0 Å². The lowest BCUT2D eigenvalue weighted by Crippen LogP contribution is -2.60. The predicted octanol–water partition coefficient (Wildman–Crippen LogP) is 2.30. The minimum absolute atomic E-state index is 0.0445. The number of rotatable bonds is 16. The number of carbonyl (C=O) groups is 5. The monoisotopic (exact) mass is 655 g/mol. The lowest BCUT2D eigenvalue weighted by Gasteiger charge is -2.36. The number of ether oxygens (including phenoxy) is 1. The van der Waals surface area contributed by atoms with E-state index in [2.05, 4.69) is 16.0 Å². The van der Waals surface area contributed by atoms with E-state index in [4.69, 9.17) is 10.5 Å². The maximum atomic E-state index is 14.4. The number of nitrogens with one attached hydrogen (secondary N) is 3. The first-order chi connectivity index (χ1) is 22.4. The average Bonchev–Trinajstić information content (AvgIpc) is 3.50. The smallest absolute Gasteiger partial charge is 0.320 e. The highest BCUT2D eigenvalue weighted by atomic mass is 16.5. The molecule has 2 saturated carbocycles. The molecule has 1 heterocycles. The average molecular weight is 656 g/mol. The minimum atomic E-state index is -1.39. The molecule has 6 atom stereocenters. The van der Waals surface area contributed by atoms with E-state index in [1.54, 1.807) is 11.8 Å². The molecular weight excluding hydrogens is 602 g/mol. The Labute approximate surface area is 277 Å². The van der Waals surface area contributed by atoms with Gasteiger partial charge in [-0.2, -0.15) is 0 Å².